The minimum atomic E-state index is -3.99. The number of aliphatic hydroxyl groups is 2. The maximum atomic E-state index is 12.9. The zero-order valence-corrected chi connectivity index (χ0v) is 22.8. The molecule has 0 amide bonds. The van der Waals surface area contributed by atoms with Crippen molar-refractivity contribution in [3.63, 3.8) is 0 Å². The van der Waals surface area contributed by atoms with Gasteiger partial charge in [-0.2, -0.15) is 8.42 Å². The molecule has 0 radical (unpaired) electrons. The van der Waals surface area contributed by atoms with Crippen molar-refractivity contribution in [3.05, 3.63) is 54.1 Å². The van der Waals surface area contributed by atoms with E-state index in [1.54, 1.807) is 24.3 Å². The summed E-state index contributed by atoms with van der Waals surface area (Å²) in [5.41, 5.74) is 0.949. The summed E-state index contributed by atoms with van der Waals surface area (Å²) >= 11 is 0. The molecule has 1 aromatic carbocycles. The van der Waals surface area contributed by atoms with Gasteiger partial charge in [0.2, 0.25) is 0 Å². The van der Waals surface area contributed by atoms with Crippen LogP contribution < -0.4 is 0 Å². The third-order valence-electron chi connectivity index (χ3n) is 7.86. The largest absolute Gasteiger partial charge is 0.469 e. The van der Waals surface area contributed by atoms with E-state index in [4.69, 9.17) is 8.92 Å². The number of carbonyl (C=O) groups is 1. The van der Waals surface area contributed by atoms with Gasteiger partial charge in [0, 0.05) is 12.3 Å². The molecule has 7 nitrogen and oxygen atoms in total. The summed E-state index contributed by atoms with van der Waals surface area (Å²) in [6.07, 6.45) is 13.7. The maximum Gasteiger partial charge on any atom is 0.308 e. The van der Waals surface area contributed by atoms with Crippen LogP contribution in [0.15, 0.2) is 53.5 Å². The van der Waals surface area contributed by atoms with Crippen LogP contribution >= 0.6 is 0 Å². The van der Waals surface area contributed by atoms with Gasteiger partial charge in [-0.15, -0.1) is 0 Å². The Morgan fingerprint density at radius 2 is 1.81 bits per heavy atom. The van der Waals surface area contributed by atoms with Crippen molar-refractivity contribution < 1.29 is 32.3 Å². The highest BCUT2D eigenvalue weighted by Gasteiger charge is 2.43. The Morgan fingerprint density at radius 1 is 1.11 bits per heavy atom. The van der Waals surface area contributed by atoms with Crippen LogP contribution in [-0.4, -0.2) is 50.5 Å². The van der Waals surface area contributed by atoms with Crippen molar-refractivity contribution in [1.82, 2.24) is 0 Å². The summed E-state index contributed by atoms with van der Waals surface area (Å²) in [7, 11) is -2.54. The van der Waals surface area contributed by atoms with Gasteiger partial charge < -0.3 is 14.9 Å². The molecule has 1 aromatic rings. The van der Waals surface area contributed by atoms with Crippen LogP contribution in [0.2, 0.25) is 0 Å². The van der Waals surface area contributed by atoms with Crippen molar-refractivity contribution >= 4 is 16.1 Å². The van der Waals surface area contributed by atoms with Crippen molar-refractivity contribution in [3.8, 4) is 0 Å². The number of benzene rings is 1. The standard InChI is InChI=1S/C29H42O7S/c1-21-15-17-23(18-16-21)37(33,34)36-28-20-27(31)25(14-9-19-30)26(28)13-8-4-7-12-24(29(32)35-2)22-10-5-3-6-11-22/h4,8-9,14-18,22,24-28,30-31H,3,5-7,10-13,19-20H2,1-2H3/t24?,25-,26-,27-,28-/m1/s1. The molecular formula is C29H42O7S. The van der Waals surface area contributed by atoms with Crippen molar-refractivity contribution in [2.45, 2.75) is 81.8 Å². The summed E-state index contributed by atoms with van der Waals surface area (Å²) in [5, 5.41) is 19.9. The highest BCUT2D eigenvalue weighted by molar-refractivity contribution is 7.86. The summed E-state index contributed by atoms with van der Waals surface area (Å²) < 4.78 is 36.6. The van der Waals surface area contributed by atoms with Gasteiger partial charge >= 0.3 is 5.97 Å². The molecule has 2 N–H and O–H groups in total. The Balaban J connectivity index is 1.66. The van der Waals surface area contributed by atoms with E-state index in [2.05, 4.69) is 0 Å². The lowest BCUT2D eigenvalue weighted by molar-refractivity contribution is -0.148. The topological polar surface area (TPSA) is 110 Å². The van der Waals surface area contributed by atoms with Gasteiger partial charge in [0.15, 0.2) is 0 Å². The minimum absolute atomic E-state index is 0.0906. The van der Waals surface area contributed by atoms with Gasteiger partial charge in [0.05, 0.1) is 36.7 Å². The Bertz CT molecular complexity index is 1010. The van der Waals surface area contributed by atoms with Crippen molar-refractivity contribution in [1.29, 1.82) is 0 Å². The van der Waals surface area contributed by atoms with Crippen LogP contribution in [0.25, 0.3) is 0 Å². The number of rotatable bonds is 12. The number of carbonyl (C=O) groups excluding carboxylic acids is 1. The van der Waals surface area contributed by atoms with E-state index in [1.807, 2.05) is 19.1 Å². The predicted octanol–water partition coefficient (Wildman–Crippen LogP) is 4.71. The summed E-state index contributed by atoms with van der Waals surface area (Å²) in [5.74, 6) is -0.469. The number of hydrogen-bond donors (Lipinski definition) is 2. The van der Waals surface area contributed by atoms with Gasteiger partial charge in [0.25, 0.3) is 10.1 Å². The predicted molar refractivity (Wildman–Crippen MR) is 142 cm³/mol. The smallest absolute Gasteiger partial charge is 0.308 e. The lowest BCUT2D eigenvalue weighted by Crippen LogP contribution is -2.26. The van der Waals surface area contributed by atoms with Gasteiger partial charge in [-0.1, -0.05) is 61.3 Å². The lowest BCUT2D eigenvalue weighted by atomic mass is 9.78. The monoisotopic (exact) mass is 534 g/mol. The molecule has 0 aliphatic heterocycles. The summed E-state index contributed by atoms with van der Waals surface area (Å²) in [4.78, 5) is 12.5. The molecule has 5 atom stereocenters. The van der Waals surface area contributed by atoms with E-state index >= 15 is 0 Å². The number of aliphatic hydroxyl groups excluding tert-OH is 2. The van der Waals surface area contributed by atoms with E-state index < -0.39 is 22.3 Å². The highest BCUT2D eigenvalue weighted by Crippen LogP contribution is 2.40. The lowest BCUT2D eigenvalue weighted by Gasteiger charge is -2.28. The summed E-state index contributed by atoms with van der Waals surface area (Å²) in [6.45, 7) is 1.72. The number of hydrogen-bond acceptors (Lipinski definition) is 7. The molecule has 3 rings (SSSR count). The third kappa shape index (κ3) is 8.24. The fraction of sp³-hybridized carbons (Fsp3) is 0.621. The molecular weight excluding hydrogens is 492 g/mol. The van der Waals surface area contributed by atoms with Crippen molar-refractivity contribution in [2.75, 3.05) is 13.7 Å². The van der Waals surface area contributed by atoms with E-state index in [0.29, 0.717) is 12.3 Å². The number of methoxy groups -OCH3 is 1. The Morgan fingerprint density at radius 3 is 2.46 bits per heavy atom. The average Bonchev–Trinajstić information content (AvgIpc) is 3.17. The fourth-order valence-electron chi connectivity index (χ4n) is 5.82. The van der Waals surface area contributed by atoms with E-state index in [0.717, 1.165) is 44.1 Å². The Kier molecular flexibility index (Phi) is 11.4. The average molecular weight is 535 g/mol. The van der Waals surface area contributed by atoms with Gasteiger partial charge in [-0.3, -0.25) is 8.98 Å². The second kappa shape index (κ2) is 14.2. The first-order valence-corrected chi connectivity index (χ1v) is 14.9. The highest BCUT2D eigenvalue weighted by atomic mass is 32.2. The van der Waals surface area contributed by atoms with Gasteiger partial charge in [0.1, 0.15) is 0 Å². The molecule has 8 heteroatoms. The normalized spacial score (nSPS) is 26.2. The molecule has 0 bridgehead atoms. The second-order valence-corrected chi connectivity index (χ2v) is 11.9. The number of allylic oxidation sites excluding steroid dienone is 2. The Hall–Kier alpha value is -2.00. The first-order valence-electron chi connectivity index (χ1n) is 13.4. The number of esters is 1. The van der Waals surface area contributed by atoms with Crippen molar-refractivity contribution in [2.24, 2.45) is 23.7 Å². The third-order valence-corrected chi connectivity index (χ3v) is 9.21. The molecule has 0 heterocycles. The molecule has 2 fully saturated rings. The molecule has 37 heavy (non-hydrogen) atoms. The van der Waals surface area contributed by atoms with Crippen LogP contribution in [0.5, 0.6) is 0 Å². The summed E-state index contributed by atoms with van der Waals surface area (Å²) in [6, 6.07) is 6.50. The molecule has 1 unspecified atom stereocenters. The second-order valence-electron chi connectivity index (χ2n) is 10.4. The van der Waals surface area contributed by atoms with E-state index in [1.165, 1.54) is 25.7 Å². The molecule has 2 aliphatic carbocycles. The molecule has 0 spiro atoms. The van der Waals surface area contributed by atoms with Crippen LogP contribution in [0.1, 0.15) is 63.4 Å². The quantitative estimate of drug-likeness (QED) is 0.227. The SMILES string of the molecule is COC(=O)C(CCC=CC[C@@H]1[C@@H](C=CCO)[C@H](O)C[C@H]1OS(=O)(=O)c1ccc(C)cc1)C1CCCCC1. The zero-order valence-electron chi connectivity index (χ0n) is 22.0. The van der Waals surface area contributed by atoms with Crippen LogP contribution in [0.3, 0.4) is 0 Å². The first kappa shape index (κ1) is 29.6. The van der Waals surface area contributed by atoms with E-state index in [9.17, 15) is 23.4 Å². The minimum Gasteiger partial charge on any atom is -0.469 e. The maximum absolute atomic E-state index is 12.9. The van der Waals surface area contributed by atoms with Crippen LogP contribution in [0.4, 0.5) is 0 Å². The van der Waals surface area contributed by atoms with Crippen LogP contribution in [-0.2, 0) is 23.8 Å². The molecule has 2 aliphatic rings. The van der Waals surface area contributed by atoms with Crippen LogP contribution in [0, 0.1) is 30.6 Å². The fourth-order valence-corrected chi connectivity index (χ4v) is 6.94. The Labute approximate surface area is 221 Å². The molecule has 2 saturated carbocycles. The zero-order chi connectivity index (χ0) is 26.8. The number of ether oxygens (including phenoxy) is 1. The molecule has 0 aromatic heterocycles. The number of aryl methyl sites for hydroxylation is 1. The van der Waals surface area contributed by atoms with Gasteiger partial charge in [-0.05, 0) is 63.0 Å². The van der Waals surface area contributed by atoms with Gasteiger partial charge in [-0.25, -0.2) is 0 Å². The molecule has 206 valence electrons. The molecule has 0 saturated heterocycles. The van der Waals surface area contributed by atoms with E-state index in [-0.39, 0.29) is 41.6 Å². The first-order chi connectivity index (χ1) is 17.8.